The van der Waals surface area contributed by atoms with Crippen LogP contribution in [0.5, 0.6) is 0 Å². The predicted molar refractivity (Wildman–Crippen MR) is 66.1 cm³/mol. The van der Waals surface area contributed by atoms with Crippen LogP contribution < -0.4 is 10.4 Å². The van der Waals surface area contributed by atoms with Crippen molar-refractivity contribution in [2.75, 3.05) is 0 Å². The third kappa shape index (κ3) is 1.32. The highest BCUT2D eigenvalue weighted by molar-refractivity contribution is 9.15. The number of fused-ring (bicyclic) bond motifs is 2. The molecule has 0 fully saturated rings. The topological polar surface area (TPSA) is 0 Å². The summed E-state index contributed by atoms with van der Waals surface area (Å²) in [6, 6.07) is 16.6. The first-order valence-corrected chi connectivity index (χ1v) is 5.64. The molecule has 1 heteroatoms. The summed E-state index contributed by atoms with van der Waals surface area (Å²) in [6.45, 7) is 0. The van der Waals surface area contributed by atoms with Gasteiger partial charge in [0.15, 0.2) is 0 Å². The van der Waals surface area contributed by atoms with Crippen molar-refractivity contribution in [2.45, 2.75) is 0 Å². The van der Waals surface area contributed by atoms with Gasteiger partial charge in [0.25, 0.3) is 0 Å². The van der Waals surface area contributed by atoms with Crippen molar-refractivity contribution in [3.8, 4) is 0 Å². The molecule has 0 N–H and O–H groups in total. The van der Waals surface area contributed by atoms with E-state index in [1.165, 1.54) is 10.8 Å². The quantitative estimate of drug-likeness (QED) is 0.634. The van der Waals surface area contributed by atoms with Crippen molar-refractivity contribution < 1.29 is 0 Å². The first kappa shape index (κ1) is 8.84. The first-order valence-electron chi connectivity index (χ1n) is 4.84. The summed E-state index contributed by atoms with van der Waals surface area (Å²) in [6.07, 6.45) is 3.42. The summed E-state index contributed by atoms with van der Waals surface area (Å²) >= 11 is 3.66. The van der Waals surface area contributed by atoms with Gasteiger partial charge in [0.1, 0.15) is 15.3 Å². The molecule has 1 aliphatic carbocycles. The molecule has 0 atom stereocenters. The highest BCUT2D eigenvalue weighted by Crippen LogP contribution is 2.23. The van der Waals surface area contributed by atoms with Gasteiger partial charge >= 0.3 is 0 Å². The van der Waals surface area contributed by atoms with Crippen LogP contribution in [-0.4, -0.2) is 0 Å². The van der Waals surface area contributed by atoms with Crippen molar-refractivity contribution in [2.24, 2.45) is 0 Å². The molecule has 0 nitrogen and oxygen atoms in total. The fourth-order valence-electron chi connectivity index (χ4n) is 1.86. The Labute approximate surface area is 96.7 Å². The molecule has 0 heterocycles. The Morgan fingerprint density at radius 2 is 1.60 bits per heavy atom. The van der Waals surface area contributed by atoms with Gasteiger partial charge in [-0.3, -0.25) is 0 Å². The molecule has 0 unspecified atom stereocenters. The van der Waals surface area contributed by atoms with Crippen molar-refractivity contribution in [3.63, 3.8) is 0 Å². The average molecular weight is 256 g/mol. The Balaban J connectivity index is 2.50. The van der Waals surface area contributed by atoms with Crippen molar-refractivity contribution in [1.82, 2.24) is 0 Å². The second-order valence-electron chi connectivity index (χ2n) is 3.53. The highest BCUT2D eigenvalue weighted by atomic mass is 79.9. The van der Waals surface area contributed by atoms with Gasteiger partial charge in [-0.15, -0.1) is 0 Å². The Hall–Kier alpha value is -1.43. The van der Waals surface area contributed by atoms with Crippen LogP contribution in [-0.2, 0) is 0 Å². The molecule has 0 amide bonds. The summed E-state index contributed by atoms with van der Waals surface area (Å²) in [5, 5.41) is 2.37. The second-order valence-corrected chi connectivity index (χ2v) is 4.32. The lowest BCUT2D eigenvalue weighted by molar-refractivity contribution is 1.45. The Kier molecular flexibility index (Phi) is 1.95. The van der Waals surface area contributed by atoms with Gasteiger partial charge in [0.2, 0.25) is 0 Å². The highest BCUT2D eigenvalue weighted by Gasteiger charge is 2.16. The predicted octanol–water partition coefficient (Wildman–Crippen LogP) is 2.26. The molecule has 0 radical (unpaired) electrons. The van der Waals surface area contributed by atoms with Crippen LogP contribution in [0.1, 0.15) is 11.1 Å². The Morgan fingerprint density at radius 3 is 2.53 bits per heavy atom. The smallest absolute Gasteiger partial charge is 0.0458 e. The number of hydrogen-bond donors (Lipinski definition) is 0. The molecule has 0 aromatic heterocycles. The minimum Gasteiger partial charge on any atom is -0.0458 e. The van der Waals surface area contributed by atoms with Gasteiger partial charge in [-0.1, -0.05) is 0 Å². The minimum atomic E-state index is 1.16. The molecule has 3 rings (SSSR count). The normalized spacial score (nSPS) is 12.2. The van der Waals surface area contributed by atoms with Gasteiger partial charge in [-0.05, 0) is 52.3 Å². The van der Waals surface area contributed by atoms with Gasteiger partial charge in [-0.2, -0.15) is 0 Å². The fraction of sp³-hybridized carbons (Fsp3) is 0. The van der Waals surface area contributed by atoms with Crippen LogP contribution in [0.4, 0.5) is 0 Å². The summed E-state index contributed by atoms with van der Waals surface area (Å²) in [7, 11) is 0. The lowest BCUT2D eigenvalue weighted by Gasteiger charge is -2.02. The maximum atomic E-state index is 3.66. The Morgan fingerprint density at radius 1 is 0.867 bits per heavy atom. The van der Waals surface area contributed by atoms with E-state index in [1.807, 2.05) is 12.1 Å². The SMILES string of the molecule is BrC1=c2ccccc2=[C+]c2ccccc21. The van der Waals surface area contributed by atoms with E-state index < -0.39 is 0 Å². The van der Waals surface area contributed by atoms with Crippen molar-refractivity contribution >= 4 is 26.5 Å². The van der Waals surface area contributed by atoms with Crippen LogP contribution in [0.2, 0.25) is 0 Å². The van der Waals surface area contributed by atoms with Gasteiger partial charge in [0, 0.05) is 18.2 Å². The summed E-state index contributed by atoms with van der Waals surface area (Å²) in [4.78, 5) is 0. The van der Waals surface area contributed by atoms with Crippen molar-refractivity contribution in [3.05, 3.63) is 70.1 Å². The first-order chi connectivity index (χ1) is 7.36. The summed E-state index contributed by atoms with van der Waals surface area (Å²) in [5.41, 5.74) is 2.37. The average Bonchev–Trinajstić information content (AvgIpc) is 2.30. The molecular formula is C14H8Br+. The van der Waals surface area contributed by atoms with Gasteiger partial charge < -0.3 is 0 Å². The molecule has 0 saturated heterocycles. The van der Waals surface area contributed by atoms with Crippen LogP contribution in [0.15, 0.2) is 48.5 Å². The van der Waals surface area contributed by atoms with Crippen molar-refractivity contribution in [1.29, 1.82) is 0 Å². The third-order valence-corrected chi connectivity index (χ3v) is 3.45. The van der Waals surface area contributed by atoms with Gasteiger partial charge in [-0.25, -0.2) is 0 Å². The molecule has 70 valence electrons. The van der Waals surface area contributed by atoms with E-state index in [9.17, 15) is 0 Å². The zero-order valence-electron chi connectivity index (χ0n) is 8.00. The summed E-state index contributed by atoms with van der Waals surface area (Å²) in [5.74, 6) is 0. The van der Waals surface area contributed by atoms with E-state index >= 15 is 0 Å². The molecule has 1 aliphatic rings. The molecule has 15 heavy (non-hydrogen) atoms. The van der Waals surface area contributed by atoms with E-state index in [4.69, 9.17) is 0 Å². The fourth-order valence-corrected chi connectivity index (χ4v) is 2.55. The van der Waals surface area contributed by atoms with E-state index in [0.29, 0.717) is 0 Å². The maximum absolute atomic E-state index is 3.66. The third-order valence-electron chi connectivity index (χ3n) is 2.60. The van der Waals surface area contributed by atoms with E-state index in [1.54, 1.807) is 0 Å². The van der Waals surface area contributed by atoms with E-state index in [0.717, 1.165) is 15.3 Å². The van der Waals surface area contributed by atoms with Crippen LogP contribution in [0.25, 0.3) is 10.6 Å². The number of rotatable bonds is 0. The number of benzene rings is 2. The Bertz CT molecular complexity index is 638. The molecule has 0 saturated carbocycles. The summed E-state index contributed by atoms with van der Waals surface area (Å²) < 4.78 is 1.16. The lowest BCUT2D eigenvalue weighted by Crippen LogP contribution is -2.28. The van der Waals surface area contributed by atoms with Crippen LogP contribution in [0, 0.1) is 0 Å². The van der Waals surface area contributed by atoms with E-state index in [2.05, 4.69) is 58.4 Å². The monoisotopic (exact) mass is 255 g/mol. The molecular weight excluding hydrogens is 248 g/mol. The lowest BCUT2D eigenvalue weighted by atomic mass is 9.99. The maximum Gasteiger partial charge on any atom is 0.131 e. The largest absolute Gasteiger partial charge is 0.131 e. The zero-order chi connectivity index (χ0) is 10.3. The zero-order valence-corrected chi connectivity index (χ0v) is 9.58. The molecule has 2 aromatic rings. The molecule has 0 spiro atoms. The second kappa shape index (κ2) is 3.30. The van der Waals surface area contributed by atoms with Gasteiger partial charge in [0.05, 0.1) is 10.8 Å². The number of hydrogen-bond acceptors (Lipinski definition) is 0. The van der Waals surface area contributed by atoms with Crippen LogP contribution >= 0.6 is 15.9 Å². The molecule has 0 aliphatic heterocycles. The van der Waals surface area contributed by atoms with E-state index in [-0.39, 0.29) is 0 Å². The molecule has 2 aromatic carbocycles. The van der Waals surface area contributed by atoms with Crippen LogP contribution in [0.3, 0.4) is 0 Å². The standard InChI is InChI=1S/C14H8Br/c15-14-12-7-3-1-5-10(12)9-11-6-2-4-8-13(11)14/h1-8H/q+1. The minimum absolute atomic E-state index is 1.16. The number of halogens is 1. The molecule has 0 bridgehead atoms.